The summed E-state index contributed by atoms with van der Waals surface area (Å²) in [7, 11) is 0. The molecule has 0 spiro atoms. The first-order chi connectivity index (χ1) is 8.16. The molecule has 1 atom stereocenters. The number of aromatic nitrogens is 3. The number of carboxylic acid groups (broad SMARTS) is 1. The van der Waals surface area contributed by atoms with Gasteiger partial charge in [-0.15, -0.1) is 0 Å². The van der Waals surface area contributed by atoms with E-state index in [-0.39, 0.29) is 0 Å². The molecule has 1 saturated carbocycles. The predicted molar refractivity (Wildman–Crippen MR) is 61.8 cm³/mol. The molecule has 1 fully saturated rings. The van der Waals surface area contributed by atoms with Crippen LogP contribution in [0.2, 0.25) is 0 Å². The summed E-state index contributed by atoms with van der Waals surface area (Å²) in [4.78, 5) is 19.5. The van der Waals surface area contributed by atoms with E-state index in [0.29, 0.717) is 11.6 Å². The van der Waals surface area contributed by atoms with Gasteiger partial charge in [-0.2, -0.15) is 0 Å². The van der Waals surface area contributed by atoms with Crippen LogP contribution in [0, 0.1) is 0 Å². The summed E-state index contributed by atoms with van der Waals surface area (Å²) in [6, 6.07) is 2.36. The third kappa shape index (κ3) is 1.67. The highest BCUT2D eigenvalue weighted by Gasteiger charge is 2.26. The fourth-order valence-corrected chi connectivity index (χ4v) is 1.93. The van der Waals surface area contributed by atoms with Crippen LogP contribution in [0.3, 0.4) is 0 Å². The van der Waals surface area contributed by atoms with Gasteiger partial charge >= 0.3 is 5.97 Å². The second-order valence-corrected chi connectivity index (χ2v) is 4.55. The molecule has 1 aliphatic carbocycles. The first-order valence-corrected chi connectivity index (χ1v) is 5.72. The summed E-state index contributed by atoms with van der Waals surface area (Å²) in [5.74, 6) is -1.38. The predicted octanol–water partition coefficient (Wildman–Crippen LogP) is 1.95. The Hall–Kier alpha value is -1.91. The fourth-order valence-electron chi connectivity index (χ4n) is 1.93. The number of hydrogen-bond donors (Lipinski definition) is 1. The van der Waals surface area contributed by atoms with Crippen molar-refractivity contribution in [2.45, 2.75) is 31.7 Å². The number of carboxylic acids is 1. The van der Waals surface area contributed by atoms with Gasteiger partial charge in [0.15, 0.2) is 5.65 Å². The highest BCUT2D eigenvalue weighted by molar-refractivity contribution is 5.78. The Labute approximate surface area is 98.1 Å². The molecule has 3 rings (SSSR count). The number of fused-ring (bicyclic) bond motifs is 1. The number of pyridine rings is 1. The second kappa shape index (κ2) is 3.55. The number of carbonyl (C=O) groups is 1. The number of imidazole rings is 1. The van der Waals surface area contributed by atoms with Gasteiger partial charge in [0.25, 0.3) is 0 Å². The molecule has 17 heavy (non-hydrogen) atoms. The number of aliphatic carboxylic acids is 1. The monoisotopic (exact) mass is 231 g/mol. The highest BCUT2D eigenvalue weighted by atomic mass is 16.4. The summed E-state index contributed by atoms with van der Waals surface area (Å²) in [6.07, 6.45) is 5.80. The minimum Gasteiger partial charge on any atom is -0.481 e. The molecule has 0 aliphatic heterocycles. The minimum atomic E-state index is -0.840. The van der Waals surface area contributed by atoms with E-state index in [9.17, 15) is 4.79 Å². The Balaban J connectivity index is 2.05. The fraction of sp³-hybridized carbons (Fsp3) is 0.417. The zero-order chi connectivity index (χ0) is 12.0. The van der Waals surface area contributed by atoms with Gasteiger partial charge in [0.1, 0.15) is 5.52 Å². The normalized spacial score (nSPS) is 17.2. The maximum Gasteiger partial charge on any atom is 0.310 e. The van der Waals surface area contributed by atoms with E-state index in [1.54, 1.807) is 19.4 Å². The topological polar surface area (TPSA) is 68.0 Å². The molecule has 0 bridgehead atoms. The molecular formula is C12H13N3O2. The highest BCUT2D eigenvalue weighted by Crippen LogP contribution is 2.36. The van der Waals surface area contributed by atoms with Crippen molar-refractivity contribution in [2.75, 3.05) is 0 Å². The van der Waals surface area contributed by atoms with Crippen LogP contribution >= 0.6 is 0 Å². The second-order valence-electron chi connectivity index (χ2n) is 4.55. The molecule has 2 aromatic rings. The van der Waals surface area contributed by atoms with Crippen molar-refractivity contribution in [3.05, 3.63) is 24.2 Å². The van der Waals surface area contributed by atoms with Gasteiger partial charge in [0.2, 0.25) is 0 Å². The summed E-state index contributed by atoms with van der Waals surface area (Å²) < 4.78 is 2.07. The Morgan fingerprint density at radius 1 is 1.53 bits per heavy atom. The quantitative estimate of drug-likeness (QED) is 0.876. The average molecular weight is 231 g/mol. The molecular weight excluding hydrogens is 218 g/mol. The Bertz CT molecular complexity index is 586. The standard InChI is InChI=1S/C12H13N3O2/c1-7(12(16)17)8-4-10-11(13-5-8)15(6-14-10)9-2-3-9/h4-7,9H,2-3H2,1H3,(H,16,17). The number of nitrogens with zero attached hydrogens (tertiary/aromatic N) is 3. The van der Waals surface area contributed by atoms with Gasteiger partial charge in [-0.3, -0.25) is 4.79 Å². The summed E-state index contributed by atoms with van der Waals surface area (Å²) in [5.41, 5.74) is 2.34. The van der Waals surface area contributed by atoms with E-state index in [0.717, 1.165) is 11.2 Å². The van der Waals surface area contributed by atoms with E-state index in [1.807, 2.05) is 6.07 Å². The van der Waals surface area contributed by atoms with Gasteiger partial charge < -0.3 is 9.67 Å². The molecule has 5 nitrogen and oxygen atoms in total. The van der Waals surface area contributed by atoms with E-state index in [1.165, 1.54) is 12.8 Å². The van der Waals surface area contributed by atoms with Gasteiger partial charge in [-0.05, 0) is 31.4 Å². The molecule has 1 aliphatic rings. The van der Waals surface area contributed by atoms with Gasteiger partial charge in [-0.25, -0.2) is 9.97 Å². The van der Waals surface area contributed by atoms with Crippen molar-refractivity contribution in [1.82, 2.24) is 14.5 Å². The van der Waals surface area contributed by atoms with Crippen LogP contribution in [0.4, 0.5) is 0 Å². The lowest BCUT2D eigenvalue weighted by atomic mass is 10.0. The summed E-state index contributed by atoms with van der Waals surface area (Å²) in [5, 5.41) is 8.96. The molecule has 2 aromatic heterocycles. The van der Waals surface area contributed by atoms with Gasteiger partial charge in [0, 0.05) is 12.2 Å². The lowest BCUT2D eigenvalue weighted by Crippen LogP contribution is -2.07. The molecule has 2 heterocycles. The SMILES string of the molecule is CC(C(=O)O)c1cnc2c(c1)ncn2C1CC1. The maximum absolute atomic E-state index is 10.9. The van der Waals surface area contributed by atoms with Crippen LogP contribution in [0.15, 0.2) is 18.6 Å². The van der Waals surface area contributed by atoms with Crippen LogP contribution in [0.5, 0.6) is 0 Å². The molecule has 0 amide bonds. The first-order valence-electron chi connectivity index (χ1n) is 5.72. The van der Waals surface area contributed by atoms with Crippen LogP contribution in [0.1, 0.15) is 37.3 Å². The van der Waals surface area contributed by atoms with Crippen molar-refractivity contribution in [3.8, 4) is 0 Å². The molecule has 0 saturated heterocycles. The molecule has 1 N–H and O–H groups in total. The maximum atomic E-state index is 10.9. The lowest BCUT2D eigenvalue weighted by Gasteiger charge is -2.06. The van der Waals surface area contributed by atoms with Crippen LogP contribution in [-0.4, -0.2) is 25.6 Å². The first kappa shape index (κ1) is 10.3. The number of hydrogen-bond acceptors (Lipinski definition) is 3. The average Bonchev–Trinajstić information content (AvgIpc) is 3.07. The van der Waals surface area contributed by atoms with Crippen molar-refractivity contribution < 1.29 is 9.90 Å². The van der Waals surface area contributed by atoms with E-state index in [2.05, 4.69) is 14.5 Å². The van der Waals surface area contributed by atoms with Crippen LogP contribution in [0.25, 0.3) is 11.2 Å². The smallest absolute Gasteiger partial charge is 0.310 e. The van der Waals surface area contributed by atoms with E-state index >= 15 is 0 Å². The van der Waals surface area contributed by atoms with Crippen molar-refractivity contribution in [3.63, 3.8) is 0 Å². The largest absolute Gasteiger partial charge is 0.481 e. The Morgan fingerprint density at radius 2 is 2.29 bits per heavy atom. The summed E-state index contributed by atoms with van der Waals surface area (Å²) in [6.45, 7) is 1.66. The Kier molecular flexibility index (Phi) is 2.14. The van der Waals surface area contributed by atoms with Crippen molar-refractivity contribution >= 4 is 17.1 Å². The van der Waals surface area contributed by atoms with Crippen LogP contribution in [-0.2, 0) is 4.79 Å². The third-order valence-electron chi connectivity index (χ3n) is 3.24. The van der Waals surface area contributed by atoms with Gasteiger partial charge in [-0.1, -0.05) is 0 Å². The van der Waals surface area contributed by atoms with Gasteiger partial charge in [0.05, 0.1) is 12.2 Å². The zero-order valence-corrected chi connectivity index (χ0v) is 9.50. The van der Waals surface area contributed by atoms with E-state index in [4.69, 9.17) is 5.11 Å². The summed E-state index contributed by atoms with van der Waals surface area (Å²) >= 11 is 0. The molecule has 0 radical (unpaired) electrons. The number of rotatable bonds is 3. The Morgan fingerprint density at radius 3 is 2.94 bits per heavy atom. The molecule has 0 aromatic carbocycles. The lowest BCUT2D eigenvalue weighted by molar-refractivity contribution is -0.138. The minimum absolute atomic E-state index is 0.537. The molecule has 1 unspecified atom stereocenters. The third-order valence-corrected chi connectivity index (χ3v) is 3.24. The van der Waals surface area contributed by atoms with Crippen molar-refractivity contribution in [2.24, 2.45) is 0 Å². The molecule has 5 heteroatoms. The van der Waals surface area contributed by atoms with E-state index < -0.39 is 11.9 Å². The van der Waals surface area contributed by atoms with Crippen LogP contribution < -0.4 is 0 Å². The molecule has 88 valence electrons. The zero-order valence-electron chi connectivity index (χ0n) is 9.50. The van der Waals surface area contributed by atoms with Crippen molar-refractivity contribution in [1.29, 1.82) is 0 Å².